The average molecular weight is 463 g/mol. The lowest BCUT2D eigenvalue weighted by Gasteiger charge is -2.16. The Morgan fingerprint density at radius 1 is 0.647 bits per heavy atom. The van der Waals surface area contributed by atoms with Crippen molar-refractivity contribution in [1.82, 2.24) is 0 Å². The first kappa shape index (κ1) is 24.8. The summed E-state index contributed by atoms with van der Waals surface area (Å²) in [5.74, 6) is 0.716. The maximum Gasteiger partial charge on any atom is 0.513 e. The Balaban J connectivity index is 1.86. The van der Waals surface area contributed by atoms with Crippen LogP contribution in [-0.2, 0) is 9.47 Å². The molecule has 0 unspecified atom stereocenters. The van der Waals surface area contributed by atoms with Gasteiger partial charge in [-0.25, -0.2) is 9.59 Å². The van der Waals surface area contributed by atoms with Gasteiger partial charge in [-0.05, 0) is 39.5 Å². The lowest BCUT2D eigenvalue weighted by atomic mass is 10.0. The Kier molecular flexibility index (Phi) is 9.52. The van der Waals surface area contributed by atoms with Crippen LogP contribution in [0.2, 0.25) is 0 Å². The Labute approximate surface area is 199 Å². The van der Waals surface area contributed by atoms with E-state index in [1.54, 1.807) is 0 Å². The number of carbonyl (C=O) groups excluding carboxylic acids is 2. The lowest BCUT2D eigenvalue weighted by molar-refractivity contribution is 0.0974. The molecule has 3 aromatic rings. The van der Waals surface area contributed by atoms with E-state index in [0.717, 1.165) is 12.8 Å². The number of ether oxygens (including phenoxy) is 4. The molecule has 6 heteroatoms. The van der Waals surface area contributed by atoms with Crippen molar-refractivity contribution < 1.29 is 28.5 Å². The second kappa shape index (κ2) is 13.0. The summed E-state index contributed by atoms with van der Waals surface area (Å²) in [5.41, 5.74) is 0. The third-order valence-electron chi connectivity index (χ3n) is 5.14. The first-order valence-electron chi connectivity index (χ1n) is 11.5. The van der Waals surface area contributed by atoms with Crippen LogP contribution in [0.4, 0.5) is 9.59 Å². The smallest absolute Gasteiger partial charge is 0.434 e. The SMILES string of the molecule is C/C=C/CCCOC(=O)Oc1c2ccccc2c(OC(=O)OCCC/C=C/C)c2ccccc12. The molecular formula is C28H30O6. The summed E-state index contributed by atoms with van der Waals surface area (Å²) in [6.45, 7) is 4.42. The zero-order valence-electron chi connectivity index (χ0n) is 19.6. The van der Waals surface area contributed by atoms with Crippen LogP contribution >= 0.6 is 0 Å². The Morgan fingerprint density at radius 2 is 1.00 bits per heavy atom. The monoisotopic (exact) mass is 462 g/mol. The fraction of sp³-hybridized carbons (Fsp3) is 0.286. The van der Waals surface area contributed by atoms with Crippen LogP contribution in [0.25, 0.3) is 21.5 Å². The largest absolute Gasteiger partial charge is 0.513 e. The predicted molar refractivity (Wildman–Crippen MR) is 134 cm³/mol. The molecular weight excluding hydrogens is 432 g/mol. The highest BCUT2D eigenvalue weighted by molar-refractivity contribution is 6.12. The van der Waals surface area contributed by atoms with Crippen molar-refractivity contribution in [2.24, 2.45) is 0 Å². The number of rotatable bonds is 10. The summed E-state index contributed by atoms with van der Waals surface area (Å²) >= 11 is 0. The van der Waals surface area contributed by atoms with E-state index in [9.17, 15) is 9.59 Å². The van der Waals surface area contributed by atoms with Crippen molar-refractivity contribution in [2.45, 2.75) is 39.5 Å². The molecule has 0 aliphatic heterocycles. The summed E-state index contributed by atoms with van der Waals surface area (Å²) < 4.78 is 21.8. The number of unbranched alkanes of at least 4 members (excludes halogenated alkanes) is 2. The van der Waals surface area contributed by atoms with Gasteiger partial charge in [-0.15, -0.1) is 0 Å². The van der Waals surface area contributed by atoms with Crippen molar-refractivity contribution >= 4 is 33.9 Å². The Morgan fingerprint density at radius 3 is 1.32 bits per heavy atom. The molecule has 0 heterocycles. The minimum absolute atomic E-state index is 0.264. The lowest BCUT2D eigenvalue weighted by Crippen LogP contribution is -2.13. The van der Waals surface area contributed by atoms with E-state index >= 15 is 0 Å². The second-order valence-electron chi connectivity index (χ2n) is 7.57. The van der Waals surface area contributed by atoms with Gasteiger partial charge < -0.3 is 18.9 Å². The fourth-order valence-corrected chi connectivity index (χ4v) is 3.54. The Hall–Kier alpha value is -3.80. The van der Waals surface area contributed by atoms with Crippen LogP contribution in [0.3, 0.4) is 0 Å². The van der Waals surface area contributed by atoms with Crippen LogP contribution in [0.1, 0.15) is 39.5 Å². The first-order valence-corrected chi connectivity index (χ1v) is 11.5. The highest BCUT2D eigenvalue weighted by atomic mass is 16.7. The van der Waals surface area contributed by atoms with Gasteiger partial charge in [0.15, 0.2) is 0 Å². The molecule has 34 heavy (non-hydrogen) atoms. The van der Waals surface area contributed by atoms with Gasteiger partial charge in [0.1, 0.15) is 11.5 Å². The molecule has 0 radical (unpaired) electrons. The van der Waals surface area contributed by atoms with Crippen LogP contribution in [0.5, 0.6) is 11.5 Å². The van der Waals surface area contributed by atoms with Gasteiger partial charge in [-0.1, -0.05) is 72.8 Å². The molecule has 0 amide bonds. The fourth-order valence-electron chi connectivity index (χ4n) is 3.54. The van der Waals surface area contributed by atoms with E-state index in [1.807, 2.05) is 86.7 Å². The van der Waals surface area contributed by atoms with E-state index in [2.05, 4.69) is 0 Å². The molecule has 0 spiro atoms. The Bertz CT molecular complexity index is 1030. The number of hydrogen-bond donors (Lipinski definition) is 0. The van der Waals surface area contributed by atoms with Crippen molar-refractivity contribution in [1.29, 1.82) is 0 Å². The van der Waals surface area contributed by atoms with Crippen molar-refractivity contribution in [2.75, 3.05) is 13.2 Å². The van der Waals surface area contributed by atoms with Gasteiger partial charge in [-0.3, -0.25) is 0 Å². The molecule has 6 nitrogen and oxygen atoms in total. The predicted octanol–water partition coefficient (Wildman–Crippen LogP) is 7.74. The highest BCUT2D eigenvalue weighted by Gasteiger charge is 2.20. The summed E-state index contributed by atoms with van der Waals surface area (Å²) in [5, 5.41) is 2.51. The average Bonchev–Trinajstić information content (AvgIpc) is 2.85. The van der Waals surface area contributed by atoms with Crippen molar-refractivity contribution in [3.8, 4) is 11.5 Å². The number of hydrogen-bond acceptors (Lipinski definition) is 6. The maximum absolute atomic E-state index is 12.4. The topological polar surface area (TPSA) is 71.1 Å². The van der Waals surface area contributed by atoms with E-state index in [4.69, 9.17) is 18.9 Å². The second-order valence-corrected chi connectivity index (χ2v) is 7.57. The highest BCUT2D eigenvalue weighted by Crippen LogP contribution is 2.42. The molecule has 0 aliphatic rings. The van der Waals surface area contributed by atoms with Gasteiger partial charge in [0.25, 0.3) is 0 Å². The zero-order chi connectivity index (χ0) is 24.2. The molecule has 3 aromatic carbocycles. The molecule has 0 atom stereocenters. The summed E-state index contributed by atoms with van der Waals surface area (Å²) in [7, 11) is 0. The van der Waals surface area contributed by atoms with Gasteiger partial charge in [-0.2, -0.15) is 0 Å². The zero-order valence-corrected chi connectivity index (χ0v) is 19.6. The number of carbonyl (C=O) groups is 2. The molecule has 0 bridgehead atoms. The van der Waals surface area contributed by atoms with Gasteiger partial charge in [0, 0.05) is 21.5 Å². The molecule has 0 saturated carbocycles. The maximum atomic E-state index is 12.4. The van der Waals surface area contributed by atoms with Crippen molar-refractivity contribution in [3.05, 3.63) is 72.8 Å². The minimum Gasteiger partial charge on any atom is -0.434 e. The molecule has 0 aromatic heterocycles. The molecule has 0 saturated heterocycles. The third-order valence-corrected chi connectivity index (χ3v) is 5.14. The van der Waals surface area contributed by atoms with Crippen LogP contribution in [0, 0.1) is 0 Å². The third kappa shape index (κ3) is 6.61. The van der Waals surface area contributed by atoms with Crippen molar-refractivity contribution in [3.63, 3.8) is 0 Å². The standard InChI is InChI=1S/C28H30O6/c1-3-5-7-13-19-31-27(29)33-25-21-15-9-11-17-23(21)26(24-18-12-10-16-22(24)25)34-28(30)32-20-14-8-6-4-2/h3-6,9-12,15-18H,7-8,13-14,19-20H2,1-2H3/b5-3+,6-4+. The van der Waals surface area contributed by atoms with E-state index < -0.39 is 12.3 Å². The minimum atomic E-state index is -0.773. The first-order chi connectivity index (χ1) is 16.7. The quantitative estimate of drug-likeness (QED) is 0.101. The van der Waals surface area contributed by atoms with E-state index in [-0.39, 0.29) is 13.2 Å². The summed E-state index contributed by atoms with van der Waals surface area (Å²) in [4.78, 5) is 24.8. The summed E-state index contributed by atoms with van der Waals surface area (Å²) in [6, 6.07) is 14.6. The molecule has 0 aliphatic carbocycles. The molecule has 3 rings (SSSR count). The number of benzene rings is 3. The van der Waals surface area contributed by atoms with Gasteiger partial charge in [0.05, 0.1) is 13.2 Å². The normalized spacial score (nSPS) is 11.4. The molecule has 178 valence electrons. The van der Waals surface area contributed by atoms with Crippen LogP contribution < -0.4 is 9.47 Å². The number of allylic oxidation sites excluding steroid dienone is 4. The van der Waals surface area contributed by atoms with E-state index in [1.165, 1.54) is 0 Å². The number of fused-ring (bicyclic) bond motifs is 2. The van der Waals surface area contributed by atoms with Gasteiger partial charge in [0.2, 0.25) is 0 Å². The molecule has 0 N–H and O–H groups in total. The summed E-state index contributed by atoms with van der Waals surface area (Å²) in [6.07, 6.45) is 9.48. The molecule has 0 fully saturated rings. The van der Waals surface area contributed by atoms with Crippen LogP contribution in [0.15, 0.2) is 72.8 Å². The van der Waals surface area contributed by atoms with E-state index in [0.29, 0.717) is 45.9 Å². The van der Waals surface area contributed by atoms with Crippen LogP contribution in [-0.4, -0.2) is 25.5 Å². The van der Waals surface area contributed by atoms with Gasteiger partial charge >= 0.3 is 12.3 Å².